The van der Waals surface area contributed by atoms with E-state index in [1.165, 1.54) is 51.4 Å². The molecule has 0 spiro atoms. The van der Waals surface area contributed by atoms with E-state index in [2.05, 4.69) is 12.2 Å². The summed E-state index contributed by atoms with van der Waals surface area (Å²) in [5.41, 5.74) is 0. The lowest BCUT2D eigenvalue weighted by atomic mass is 10.1. The van der Waals surface area contributed by atoms with Crippen LogP contribution in [0.15, 0.2) is 0 Å². The highest BCUT2D eigenvalue weighted by molar-refractivity contribution is 5.86. The fourth-order valence-electron chi connectivity index (χ4n) is 3.07. The van der Waals surface area contributed by atoms with Crippen molar-refractivity contribution in [1.82, 2.24) is 10.2 Å². The molecule has 0 aromatic heterocycles. The maximum atomic E-state index is 12.4. The number of carboxylic acid groups (broad SMARTS) is 1. The highest BCUT2D eigenvalue weighted by Gasteiger charge is 2.24. The van der Waals surface area contributed by atoms with Crippen LogP contribution in [0.3, 0.4) is 0 Å². The Morgan fingerprint density at radius 1 is 0.840 bits per heavy atom. The second-order valence-electron chi connectivity index (χ2n) is 6.80. The van der Waals surface area contributed by atoms with Gasteiger partial charge in [0.1, 0.15) is 0 Å². The van der Waals surface area contributed by atoms with Crippen LogP contribution in [0.5, 0.6) is 0 Å². The molecule has 0 aliphatic carbocycles. The first-order valence-electron chi connectivity index (χ1n) is 10.3. The van der Waals surface area contributed by atoms with Gasteiger partial charge in [-0.1, -0.05) is 64.7 Å². The highest BCUT2D eigenvalue weighted by atomic mass is 16.4. The number of hydrogen-bond donors (Lipinski definition) is 2. The minimum absolute atomic E-state index is 0.0977. The molecule has 5 nitrogen and oxygen atoms in total. The number of likely N-dealkylation sites (N-methyl/N-ethyl adjacent to an activating group) is 1. The Kier molecular flexibility index (Phi) is 15.7. The quantitative estimate of drug-likeness (QED) is 0.383. The van der Waals surface area contributed by atoms with Gasteiger partial charge in [0, 0.05) is 13.1 Å². The van der Waals surface area contributed by atoms with Crippen LogP contribution in [0.25, 0.3) is 0 Å². The summed E-state index contributed by atoms with van der Waals surface area (Å²) in [6.07, 6.45) is 12.5. The molecule has 0 aromatic carbocycles. The van der Waals surface area contributed by atoms with E-state index >= 15 is 0 Å². The van der Waals surface area contributed by atoms with Crippen molar-refractivity contribution in [3.8, 4) is 0 Å². The van der Waals surface area contributed by atoms with Crippen molar-refractivity contribution in [2.45, 2.75) is 97.4 Å². The van der Waals surface area contributed by atoms with Crippen LogP contribution in [-0.2, 0) is 9.59 Å². The molecule has 1 amide bonds. The van der Waals surface area contributed by atoms with E-state index in [1.807, 2.05) is 13.8 Å². The number of unbranched alkanes of at least 4 members (excludes halogenated alkanes) is 9. The van der Waals surface area contributed by atoms with Gasteiger partial charge in [-0.05, 0) is 26.8 Å². The summed E-state index contributed by atoms with van der Waals surface area (Å²) in [6.45, 7) is 8.02. The number of nitrogens with zero attached hydrogens (tertiary/aromatic N) is 1. The molecule has 0 aliphatic heterocycles. The molecule has 0 aromatic rings. The summed E-state index contributed by atoms with van der Waals surface area (Å²) in [4.78, 5) is 25.1. The van der Waals surface area contributed by atoms with Crippen LogP contribution < -0.4 is 5.32 Å². The van der Waals surface area contributed by atoms with Gasteiger partial charge in [0.05, 0.1) is 12.5 Å². The van der Waals surface area contributed by atoms with Gasteiger partial charge in [0.2, 0.25) is 5.91 Å². The molecule has 0 heterocycles. The van der Waals surface area contributed by atoms with Crippen molar-refractivity contribution in [1.29, 1.82) is 0 Å². The van der Waals surface area contributed by atoms with Gasteiger partial charge in [-0.25, -0.2) is 0 Å². The Hall–Kier alpha value is -1.10. The summed E-state index contributed by atoms with van der Waals surface area (Å²) >= 11 is 0. The van der Waals surface area contributed by atoms with Crippen LogP contribution in [0.2, 0.25) is 0 Å². The van der Waals surface area contributed by atoms with Gasteiger partial charge in [-0.3, -0.25) is 9.59 Å². The minimum atomic E-state index is -0.930. The number of rotatable bonds is 17. The molecule has 0 radical (unpaired) electrons. The topological polar surface area (TPSA) is 69.6 Å². The normalized spacial score (nSPS) is 12.1. The third-order valence-electron chi connectivity index (χ3n) is 4.67. The number of nitrogens with one attached hydrogen (secondary N) is 1. The fraction of sp³-hybridized carbons (Fsp3) is 0.900. The average molecular weight is 357 g/mol. The summed E-state index contributed by atoms with van der Waals surface area (Å²) in [5, 5.41) is 12.2. The highest BCUT2D eigenvalue weighted by Crippen LogP contribution is 2.10. The molecular weight excluding hydrogens is 316 g/mol. The number of hydrogen-bond acceptors (Lipinski definition) is 3. The lowest BCUT2D eigenvalue weighted by Gasteiger charge is -2.25. The number of carbonyl (C=O) groups excluding carboxylic acids is 1. The zero-order valence-corrected chi connectivity index (χ0v) is 16.7. The smallest absolute Gasteiger partial charge is 0.305 e. The third kappa shape index (κ3) is 12.9. The summed E-state index contributed by atoms with van der Waals surface area (Å²) in [5.74, 6) is -1.03. The molecule has 2 N–H and O–H groups in total. The SMILES string of the molecule is CCCCCCCCCCCCNC(CC(=O)O)C(=O)N(CC)CC. The first kappa shape index (κ1) is 23.9. The second-order valence-corrected chi connectivity index (χ2v) is 6.80. The van der Waals surface area contributed by atoms with Crippen LogP contribution >= 0.6 is 0 Å². The van der Waals surface area contributed by atoms with E-state index in [9.17, 15) is 9.59 Å². The van der Waals surface area contributed by atoms with Crippen molar-refractivity contribution in [2.75, 3.05) is 19.6 Å². The van der Waals surface area contributed by atoms with E-state index in [0.717, 1.165) is 12.8 Å². The molecule has 0 saturated heterocycles. The molecule has 0 rings (SSSR count). The Bertz CT molecular complexity index is 344. The number of amides is 1. The van der Waals surface area contributed by atoms with Crippen molar-refractivity contribution < 1.29 is 14.7 Å². The number of carbonyl (C=O) groups is 2. The van der Waals surface area contributed by atoms with Crippen LogP contribution in [0, 0.1) is 0 Å². The molecule has 1 unspecified atom stereocenters. The van der Waals surface area contributed by atoms with E-state index in [1.54, 1.807) is 4.90 Å². The van der Waals surface area contributed by atoms with Crippen molar-refractivity contribution in [3.05, 3.63) is 0 Å². The lowest BCUT2D eigenvalue weighted by Crippen LogP contribution is -2.47. The van der Waals surface area contributed by atoms with Gasteiger partial charge >= 0.3 is 5.97 Å². The molecule has 0 fully saturated rings. The molecule has 0 saturated carbocycles. The third-order valence-corrected chi connectivity index (χ3v) is 4.67. The monoisotopic (exact) mass is 356 g/mol. The Morgan fingerprint density at radius 2 is 1.32 bits per heavy atom. The Balaban J connectivity index is 3.85. The van der Waals surface area contributed by atoms with E-state index in [0.29, 0.717) is 19.6 Å². The minimum Gasteiger partial charge on any atom is -0.481 e. The predicted octanol–water partition coefficient (Wildman–Crippen LogP) is 4.21. The van der Waals surface area contributed by atoms with E-state index in [4.69, 9.17) is 5.11 Å². The number of carboxylic acids is 1. The van der Waals surface area contributed by atoms with Gasteiger partial charge in [0.15, 0.2) is 0 Å². The first-order chi connectivity index (χ1) is 12.1. The van der Waals surface area contributed by atoms with Gasteiger partial charge in [0.25, 0.3) is 0 Å². The summed E-state index contributed by atoms with van der Waals surface area (Å²) < 4.78 is 0. The van der Waals surface area contributed by atoms with Gasteiger partial charge in [-0.2, -0.15) is 0 Å². The summed E-state index contributed by atoms with van der Waals surface area (Å²) in [7, 11) is 0. The fourth-order valence-corrected chi connectivity index (χ4v) is 3.07. The molecule has 0 bridgehead atoms. The largest absolute Gasteiger partial charge is 0.481 e. The molecule has 0 aliphatic rings. The lowest BCUT2D eigenvalue weighted by molar-refractivity contribution is -0.142. The predicted molar refractivity (Wildman–Crippen MR) is 104 cm³/mol. The van der Waals surface area contributed by atoms with Gasteiger partial charge in [-0.15, -0.1) is 0 Å². The van der Waals surface area contributed by atoms with Gasteiger partial charge < -0.3 is 15.3 Å². The van der Waals surface area contributed by atoms with Crippen molar-refractivity contribution in [2.24, 2.45) is 0 Å². The molecule has 1 atom stereocenters. The van der Waals surface area contributed by atoms with Crippen LogP contribution in [-0.4, -0.2) is 47.6 Å². The van der Waals surface area contributed by atoms with Crippen LogP contribution in [0.1, 0.15) is 91.4 Å². The Labute approximate surface area is 154 Å². The maximum Gasteiger partial charge on any atom is 0.305 e. The van der Waals surface area contributed by atoms with E-state index in [-0.39, 0.29) is 12.3 Å². The maximum absolute atomic E-state index is 12.4. The number of aliphatic carboxylic acids is 1. The zero-order valence-electron chi connectivity index (χ0n) is 16.7. The zero-order chi connectivity index (χ0) is 18.9. The molecule has 5 heteroatoms. The molecule has 148 valence electrons. The first-order valence-corrected chi connectivity index (χ1v) is 10.3. The van der Waals surface area contributed by atoms with Crippen molar-refractivity contribution in [3.63, 3.8) is 0 Å². The standard InChI is InChI=1S/C20H40N2O3/c1-4-7-8-9-10-11-12-13-14-15-16-21-18(17-19(23)24)20(25)22(5-2)6-3/h18,21H,4-17H2,1-3H3,(H,23,24). The average Bonchev–Trinajstić information content (AvgIpc) is 2.59. The Morgan fingerprint density at radius 3 is 1.76 bits per heavy atom. The van der Waals surface area contributed by atoms with Crippen LogP contribution in [0.4, 0.5) is 0 Å². The second kappa shape index (κ2) is 16.4. The molecular formula is C20H40N2O3. The van der Waals surface area contributed by atoms with Crippen molar-refractivity contribution >= 4 is 11.9 Å². The van der Waals surface area contributed by atoms with E-state index < -0.39 is 12.0 Å². The summed E-state index contributed by atoms with van der Waals surface area (Å²) in [6, 6.07) is -0.601. The molecule has 25 heavy (non-hydrogen) atoms.